The van der Waals surface area contributed by atoms with Gasteiger partial charge < -0.3 is 5.73 Å². The van der Waals surface area contributed by atoms with Crippen LogP contribution in [0.25, 0.3) is 0 Å². The smallest absolute Gasteiger partial charge is 0.375 e. The molecule has 0 bridgehead atoms. The third-order valence-corrected chi connectivity index (χ3v) is 2.91. The first-order chi connectivity index (χ1) is 7.95. The molecule has 0 aliphatic carbocycles. The fraction of sp³-hybridized carbons (Fsp3) is 0.200. The Kier molecular flexibility index (Phi) is 3.01. The molecule has 17 heavy (non-hydrogen) atoms. The molecule has 0 aliphatic rings. The third kappa shape index (κ3) is 2.94. The number of hydrogen-bond donors (Lipinski definition) is 1. The summed E-state index contributed by atoms with van der Waals surface area (Å²) >= 11 is 1.30. The lowest BCUT2D eigenvalue weighted by Gasteiger charge is -2.06. The number of rotatable bonds is 2. The second-order valence-corrected chi connectivity index (χ2v) is 4.52. The van der Waals surface area contributed by atoms with E-state index < -0.39 is 11.7 Å². The molecular formula is C10H8F3N3S. The number of pyridine rings is 1. The zero-order valence-corrected chi connectivity index (χ0v) is 9.35. The number of thiazole rings is 1. The normalized spacial score (nSPS) is 11.7. The first-order valence-corrected chi connectivity index (χ1v) is 5.49. The van der Waals surface area contributed by atoms with Crippen molar-refractivity contribution < 1.29 is 13.2 Å². The number of nitrogens with two attached hydrogens (primary N) is 1. The van der Waals surface area contributed by atoms with E-state index in [2.05, 4.69) is 9.97 Å². The monoisotopic (exact) mass is 259 g/mol. The highest BCUT2D eigenvalue weighted by Gasteiger charge is 2.30. The molecule has 0 radical (unpaired) electrons. The summed E-state index contributed by atoms with van der Waals surface area (Å²) in [5, 5.41) is 0.437. The fourth-order valence-electron chi connectivity index (χ4n) is 1.28. The Morgan fingerprint density at radius 3 is 2.41 bits per heavy atom. The molecule has 2 heterocycles. The van der Waals surface area contributed by atoms with Crippen LogP contribution in [0.5, 0.6) is 0 Å². The van der Waals surface area contributed by atoms with E-state index >= 15 is 0 Å². The van der Waals surface area contributed by atoms with Crippen molar-refractivity contribution in [2.75, 3.05) is 5.73 Å². The van der Waals surface area contributed by atoms with Crippen LogP contribution < -0.4 is 5.73 Å². The molecule has 0 fully saturated rings. The van der Waals surface area contributed by atoms with Gasteiger partial charge in [0.05, 0.1) is 5.56 Å². The first-order valence-electron chi connectivity index (χ1n) is 4.67. The molecule has 2 rings (SSSR count). The van der Waals surface area contributed by atoms with E-state index in [-0.39, 0.29) is 0 Å². The molecule has 0 spiro atoms. The topological polar surface area (TPSA) is 51.8 Å². The molecule has 0 saturated carbocycles. The molecule has 2 aromatic heterocycles. The molecular weight excluding hydrogens is 251 g/mol. The Bertz CT molecular complexity index is 504. The molecule has 0 atom stereocenters. The van der Waals surface area contributed by atoms with E-state index in [1.54, 1.807) is 6.20 Å². The van der Waals surface area contributed by atoms with Gasteiger partial charge in [-0.2, -0.15) is 13.2 Å². The molecule has 90 valence electrons. The largest absolute Gasteiger partial charge is 0.417 e. The van der Waals surface area contributed by atoms with E-state index in [1.807, 2.05) is 0 Å². The van der Waals surface area contributed by atoms with Crippen LogP contribution in [-0.4, -0.2) is 9.97 Å². The summed E-state index contributed by atoms with van der Waals surface area (Å²) < 4.78 is 36.9. The number of nitrogens with zero attached hydrogens (tertiary/aromatic N) is 2. The van der Waals surface area contributed by atoms with E-state index in [0.717, 1.165) is 17.1 Å². The average Bonchev–Trinajstić information content (AvgIpc) is 2.63. The van der Waals surface area contributed by atoms with Crippen LogP contribution in [0.3, 0.4) is 0 Å². The van der Waals surface area contributed by atoms with Gasteiger partial charge in [0.15, 0.2) is 5.13 Å². The molecule has 2 aromatic rings. The molecule has 0 saturated heterocycles. The van der Waals surface area contributed by atoms with Crippen LogP contribution in [0.15, 0.2) is 24.5 Å². The predicted molar refractivity (Wildman–Crippen MR) is 58.6 cm³/mol. The van der Waals surface area contributed by atoms with Gasteiger partial charge in [0, 0.05) is 29.4 Å². The van der Waals surface area contributed by atoms with E-state index in [1.165, 1.54) is 17.4 Å². The van der Waals surface area contributed by atoms with Gasteiger partial charge in [0.2, 0.25) is 0 Å². The Balaban J connectivity index is 2.13. The van der Waals surface area contributed by atoms with Crippen LogP contribution >= 0.6 is 11.3 Å². The molecule has 0 amide bonds. The van der Waals surface area contributed by atoms with E-state index in [0.29, 0.717) is 17.2 Å². The molecule has 2 N–H and O–H groups in total. The number of aromatic nitrogens is 2. The summed E-state index contributed by atoms with van der Waals surface area (Å²) in [6.07, 6.45) is -1.48. The SMILES string of the molecule is Nc1ncc(Cc2ccc(C(F)(F)F)cn2)s1. The fourth-order valence-corrected chi connectivity index (χ4v) is 1.98. The van der Waals surface area contributed by atoms with Gasteiger partial charge in [-0.15, -0.1) is 11.3 Å². The van der Waals surface area contributed by atoms with Crippen LogP contribution in [0.1, 0.15) is 16.1 Å². The van der Waals surface area contributed by atoms with Crippen LogP contribution in [0.4, 0.5) is 18.3 Å². The molecule has 0 aliphatic heterocycles. The number of anilines is 1. The molecule has 0 aromatic carbocycles. The van der Waals surface area contributed by atoms with Crippen molar-refractivity contribution in [1.29, 1.82) is 0 Å². The summed E-state index contributed by atoms with van der Waals surface area (Å²) in [6.45, 7) is 0. The molecule has 3 nitrogen and oxygen atoms in total. The number of halogens is 3. The van der Waals surface area contributed by atoms with Gasteiger partial charge in [-0.1, -0.05) is 0 Å². The lowest BCUT2D eigenvalue weighted by molar-refractivity contribution is -0.137. The Labute approximate surface area is 99.1 Å². The number of nitrogen functional groups attached to an aromatic ring is 1. The third-order valence-electron chi connectivity index (χ3n) is 2.08. The molecule has 0 unspecified atom stereocenters. The van der Waals surface area contributed by atoms with Crippen molar-refractivity contribution in [2.45, 2.75) is 12.6 Å². The van der Waals surface area contributed by atoms with Gasteiger partial charge in [-0.3, -0.25) is 4.98 Å². The van der Waals surface area contributed by atoms with Crippen LogP contribution in [-0.2, 0) is 12.6 Å². The van der Waals surface area contributed by atoms with Gasteiger partial charge in [0.1, 0.15) is 0 Å². The Morgan fingerprint density at radius 1 is 1.18 bits per heavy atom. The van der Waals surface area contributed by atoms with Crippen LogP contribution in [0.2, 0.25) is 0 Å². The minimum absolute atomic E-state index is 0.437. The van der Waals surface area contributed by atoms with Crippen molar-refractivity contribution in [3.8, 4) is 0 Å². The summed E-state index contributed by atoms with van der Waals surface area (Å²) in [5.41, 5.74) is 5.26. The van der Waals surface area contributed by atoms with Gasteiger partial charge in [0.25, 0.3) is 0 Å². The average molecular weight is 259 g/mol. The molecule has 7 heteroatoms. The van der Waals surface area contributed by atoms with Gasteiger partial charge in [-0.25, -0.2) is 4.98 Å². The summed E-state index contributed by atoms with van der Waals surface area (Å²) in [7, 11) is 0. The second-order valence-electron chi connectivity index (χ2n) is 3.38. The van der Waals surface area contributed by atoms with Crippen molar-refractivity contribution in [2.24, 2.45) is 0 Å². The van der Waals surface area contributed by atoms with Crippen molar-refractivity contribution in [3.05, 3.63) is 40.7 Å². The summed E-state index contributed by atoms with van der Waals surface area (Å²) in [5.74, 6) is 0. The highest BCUT2D eigenvalue weighted by molar-refractivity contribution is 7.15. The summed E-state index contributed by atoms with van der Waals surface area (Å²) in [6, 6.07) is 2.38. The van der Waals surface area contributed by atoms with E-state index in [9.17, 15) is 13.2 Å². The first kappa shape index (κ1) is 11.8. The quantitative estimate of drug-likeness (QED) is 0.902. The zero-order valence-electron chi connectivity index (χ0n) is 8.53. The van der Waals surface area contributed by atoms with Gasteiger partial charge in [-0.05, 0) is 12.1 Å². The van der Waals surface area contributed by atoms with Crippen molar-refractivity contribution in [1.82, 2.24) is 9.97 Å². The lowest BCUT2D eigenvalue weighted by atomic mass is 10.2. The van der Waals surface area contributed by atoms with Gasteiger partial charge >= 0.3 is 6.18 Å². The minimum Gasteiger partial charge on any atom is -0.375 e. The standard InChI is InChI=1S/C10H8F3N3S/c11-10(12,13)6-1-2-7(15-4-6)3-8-5-16-9(14)17-8/h1-2,4-5H,3H2,(H2,14,16). The minimum atomic E-state index is -4.35. The van der Waals surface area contributed by atoms with Crippen LogP contribution in [0, 0.1) is 0 Å². The Morgan fingerprint density at radius 2 is 1.94 bits per heavy atom. The maximum atomic E-state index is 12.3. The van der Waals surface area contributed by atoms with E-state index in [4.69, 9.17) is 5.73 Å². The summed E-state index contributed by atoms with van der Waals surface area (Å²) in [4.78, 5) is 8.50. The number of hydrogen-bond acceptors (Lipinski definition) is 4. The number of alkyl halides is 3. The zero-order chi connectivity index (χ0) is 12.5. The maximum absolute atomic E-state index is 12.3. The maximum Gasteiger partial charge on any atom is 0.417 e. The highest BCUT2D eigenvalue weighted by Crippen LogP contribution is 2.28. The highest BCUT2D eigenvalue weighted by atomic mass is 32.1. The lowest BCUT2D eigenvalue weighted by Crippen LogP contribution is -2.05. The van der Waals surface area contributed by atoms with Crippen molar-refractivity contribution >= 4 is 16.5 Å². The second kappa shape index (κ2) is 4.33. The van der Waals surface area contributed by atoms with Crippen molar-refractivity contribution in [3.63, 3.8) is 0 Å². The predicted octanol–water partition coefficient (Wildman–Crippen LogP) is 2.73. The Hall–Kier alpha value is -1.63.